The van der Waals surface area contributed by atoms with Gasteiger partial charge < -0.3 is 10.7 Å². The average Bonchev–Trinajstić information content (AvgIpc) is 2.87. The molecule has 0 saturated heterocycles. The van der Waals surface area contributed by atoms with E-state index in [2.05, 4.69) is 15.0 Å². The summed E-state index contributed by atoms with van der Waals surface area (Å²) in [6.45, 7) is 4.00. The van der Waals surface area contributed by atoms with Gasteiger partial charge in [-0.15, -0.1) is 0 Å². The van der Waals surface area contributed by atoms with Crippen molar-refractivity contribution >= 4 is 16.9 Å². The Labute approximate surface area is 106 Å². The summed E-state index contributed by atoms with van der Waals surface area (Å²) in [5.41, 5.74) is 8.78. The molecule has 0 saturated carbocycles. The molecule has 0 aliphatic rings. The summed E-state index contributed by atoms with van der Waals surface area (Å²) in [6, 6.07) is 10.0. The molecule has 3 N–H and O–H groups in total. The molecule has 0 spiro atoms. The van der Waals surface area contributed by atoms with Gasteiger partial charge in [-0.2, -0.15) is 0 Å². The van der Waals surface area contributed by atoms with Gasteiger partial charge >= 0.3 is 0 Å². The molecule has 0 aliphatic heterocycles. The van der Waals surface area contributed by atoms with Crippen LogP contribution in [0.15, 0.2) is 42.9 Å². The zero-order valence-corrected chi connectivity index (χ0v) is 10.5. The summed E-state index contributed by atoms with van der Waals surface area (Å²) in [5.74, 6) is 0.505. The number of nitrogens with one attached hydrogen (secondary N) is 1. The number of hydrogen-bond acceptors (Lipinski definition) is 3. The van der Waals surface area contributed by atoms with Crippen LogP contribution in [0.1, 0.15) is 13.8 Å². The van der Waals surface area contributed by atoms with E-state index in [0.717, 1.165) is 22.2 Å². The summed E-state index contributed by atoms with van der Waals surface area (Å²) in [4.78, 5) is 11.3. The number of aromatic amines is 1. The number of fused-ring (bicyclic) bond motifs is 1. The molecule has 0 bridgehead atoms. The maximum absolute atomic E-state index is 5.87. The van der Waals surface area contributed by atoms with Gasteiger partial charge in [0.1, 0.15) is 17.8 Å². The molecular weight excluding hydrogens is 224 g/mol. The standard InChI is InChI=1S/C12H10N4.C2H6/c13-11-10-9(8-4-2-1-3-5-8)6-14-12(10)16-7-15-11;1-2/h1-7H,(H3,13,14,15,16);1-2H3. The first-order valence-corrected chi connectivity index (χ1v) is 5.99. The molecule has 4 heteroatoms. The first-order valence-electron chi connectivity index (χ1n) is 5.99. The van der Waals surface area contributed by atoms with E-state index in [-0.39, 0.29) is 0 Å². The van der Waals surface area contributed by atoms with E-state index in [0.29, 0.717) is 5.82 Å². The molecule has 0 amide bonds. The van der Waals surface area contributed by atoms with Gasteiger partial charge in [-0.05, 0) is 5.56 Å². The van der Waals surface area contributed by atoms with Crippen LogP contribution in [0.2, 0.25) is 0 Å². The molecule has 18 heavy (non-hydrogen) atoms. The Hall–Kier alpha value is -2.36. The number of nitrogen functional groups attached to an aromatic ring is 1. The van der Waals surface area contributed by atoms with Crippen LogP contribution in [-0.2, 0) is 0 Å². The molecule has 0 unspecified atom stereocenters. The van der Waals surface area contributed by atoms with Crippen LogP contribution in [0.25, 0.3) is 22.2 Å². The molecule has 92 valence electrons. The lowest BCUT2D eigenvalue weighted by Crippen LogP contribution is -1.92. The van der Waals surface area contributed by atoms with Gasteiger partial charge in [0.15, 0.2) is 0 Å². The molecule has 0 radical (unpaired) electrons. The van der Waals surface area contributed by atoms with Crippen molar-refractivity contribution in [2.24, 2.45) is 0 Å². The zero-order chi connectivity index (χ0) is 13.0. The van der Waals surface area contributed by atoms with Crippen LogP contribution in [-0.4, -0.2) is 15.0 Å². The highest BCUT2D eigenvalue weighted by atomic mass is 15.0. The number of aromatic nitrogens is 3. The van der Waals surface area contributed by atoms with Crippen molar-refractivity contribution in [2.75, 3.05) is 5.73 Å². The largest absolute Gasteiger partial charge is 0.383 e. The summed E-state index contributed by atoms with van der Waals surface area (Å²) in [6.07, 6.45) is 3.37. The van der Waals surface area contributed by atoms with Gasteiger partial charge in [-0.25, -0.2) is 9.97 Å². The number of rotatable bonds is 1. The number of H-pyrrole nitrogens is 1. The molecular formula is C14H16N4. The minimum atomic E-state index is 0.505. The topological polar surface area (TPSA) is 67.6 Å². The fourth-order valence-electron chi connectivity index (χ4n) is 1.83. The van der Waals surface area contributed by atoms with E-state index in [4.69, 9.17) is 5.73 Å². The van der Waals surface area contributed by atoms with Gasteiger partial charge in [0, 0.05) is 11.8 Å². The first kappa shape index (κ1) is 12.1. The minimum absolute atomic E-state index is 0.505. The van der Waals surface area contributed by atoms with Crippen molar-refractivity contribution in [1.29, 1.82) is 0 Å². The first-order chi connectivity index (χ1) is 8.86. The second-order valence-electron chi connectivity index (χ2n) is 3.55. The summed E-state index contributed by atoms with van der Waals surface area (Å²) in [5, 5.41) is 0.883. The quantitative estimate of drug-likeness (QED) is 0.686. The number of hydrogen-bond donors (Lipinski definition) is 2. The van der Waals surface area contributed by atoms with Crippen molar-refractivity contribution in [3.05, 3.63) is 42.9 Å². The van der Waals surface area contributed by atoms with Gasteiger partial charge in [-0.3, -0.25) is 0 Å². The van der Waals surface area contributed by atoms with Crippen LogP contribution in [0.4, 0.5) is 5.82 Å². The molecule has 3 aromatic rings. The maximum atomic E-state index is 5.87. The highest BCUT2D eigenvalue weighted by molar-refractivity contribution is 5.99. The molecule has 1 aromatic carbocycles. The lowest BCUT2D eigenvalue weighted by Gasteiger charge is -2.00. The predicted octanol–water partition coefficient (Wildman–Crippen LogP) is 3.23. The number of benzene rings is 1. The van der Waals surface area contributed by atoms with Crippen LogP contribution in [0.3, 0.4) is 0 Å². The highest BCUT2D eigenvalue weighted by Gasteiger charge is 2.09. The molecule has 0 atom stereocenters. The van der Waals surface area contributed by atoms with Crippen molar-refractivity contribution in [2.45, 2.75) is 13.8 Å². The second-order valence-corrected chi connectivity index (χ2v) is 3.55. The smallest absolute Gasteiger partial charge is 0.143 e. The third kappa shape index (κ3) is 2.05. The average molecular weight is 240 g/mol. The highest BCUT2D eigenvalue weighted by Crippen LogP contribution is 2.29. The molecule has 3 rings (SSSR count). The van der Waals surface area contributed by atoms with E-state index in [9.17, 15) is 0 Å². The van der Waals surface area contributed by atoms with Gasteiger partial charge in [0.2, 0.25) is 0 Å². The Morgan fingerprint density at radius 2 is 1.78 bits per heavy atom. The lowest BCUT2D eigenvalue weighted by atomic mass is 10.1. The Kier molecular flexibility index (Phi) is 3.57. The number of nitrogens with two attached hydrogens (primary N) is 1. The number of anilines is 1. The van der Waals surface area contributed by atoms with Crippen molar-refractivity contribution in [1.82, 2.24) is 15.0 Å². The Morgan fingerprint density at radius 1 is 1.06 bits per heavy atom. The predicted molar refractivity (Wildman–Crippen MR) is 75.1 cm³/mol. The lowest BCUT2D eigenvalue weighted by molar-refractivity contribution is 1.21. The van der Waals surface area contributed by atoms with E-state index in [1.54, 1.807) is 0 Å². The van der Waals surface area contributed by atoms with Gasteiger partial charge in [-0.1, -0.05) is 44.2 Å². The Balaban J connectivity index is 0.000000574. The fraction of sp³-hybridized carbons (Fsp3) is 0.143. The maximum Gasteiger partial charge on any atom is 0.143 e. The third-order valence-corrected chi connectivity index (χ3v) is 2.58. The van der Waals surface area contributed by atoms with Crippen LogP contribution in [0.5, 0.6) is 0 Å². The van der Waals surface area contributed by atoms with Crippen molar-refractivity contribution < 1.29 is 0 Å². The Bertz CT molecular complexity index is 629. The van der Waals surface area contributed by atoms with E-state index in [1.807, 2.05) is 50.4 Å². The van der Waals surface area contributed by atoms with Crippen LogP contribution in [0, 0.1) is 0 Å². The van der Waals surface area contributed by atoms with Crippen molar-refractivity contribution in [3.63, 3.8) is 0 Å². The normalized spacial score (nSPS) is 9.89. The molecule has 2 aromatic heterocycles. The zero-order valence-electron chi connectivity index (χ0n) is 10.5. The third-order valence-electron chi connectivity index (χ3n) is 2.58. The molecule has 0 fully saturated rings. The monoisotopic (exact) mass is 240 g/mol. The summed E-state index contributed by atoms with van der Waals surface area (Å²) >= 11 is 0. The van der Waals surface area contributed by atoms with E-state index < -0.39 is 0 Å². The summed E-state index contributed by atoms with van der Waals surface area (Å²) < 4.78 is 0. The molecule has 2 heterocycles. The van der Waals surface area contributed by atoms with Crippen LogP contribution < -0.4 is 5.73 Å². The summed E-state index contributed by atoms with van der Waals surface area (Å²) in [7, 11) is 0. The van der Waals surface area contributed by atoms with Crippen molar-refractivity contribution in [3.8, 4) is 11.1 Å². The SMILES string of the molecule is CC.Nc1ncnc2[nH]cc(-c3ccccc3)c12. The van der Waals surface area contributed by atoms with E-state index >= 15 is 0 Å². The Morgan fingerprint density at radius 3 is 2.50 bits per heavy atom. The van der Waals surface area contributed by atoms with Crippen LogP contribution >= 0.6 is 0 Å². The minimum Gasteiger partial charge on any atom is -0.383 e. The molecule has 4 nitrogen and oxygen atoms in total. The van der Waals surface area contributed by atoms with Gasteiger partial charge in [0.25, 0.3) is 0 Å². The van der Waals surface area contributed by atoms with Gasteiger partial charge in [0.05, 0.1) is 5.39 Å². The molecule has 0 aliphatic carbocycles. The fourth-order valence-corrected chi connectivity index (χ4v) is 1.83. The van der Waals surface area contributed by atoms with E-state index in [1.165, 1.54) is 6.33 Å². The second kappa shape index (κ2) is 5.31. The number of nitrogens with zero attached hydrogens (tertiary/aromatic N) is 2.